The van der Waals surface area contributed by atoms with E-state index in [2.05, 4.69) is 5.32 Å². The number of benzene rings is 1. The Balaban J connectivity index is 1.61. The van der Waals surface area contributed by atoms with Gasteiger partial charge in [-0.25, -0.2) is 0 Å². The van der Waals surface area contributed by atoms with Crippen LogP contribution in [0.5, 0.6) is 5.75 Å². The summed E-state index contributed by atoms with van der Waals surface area (Å²) in [6, 6.07) is 8.26. The van der Waals surface area contributed by atoms with Gasteiger partial charge in [0.05, 0.1) is 12.0 Å². The van der Waals surface area contributed by atoms with Crippen LogP contribution in [0.3, 0.4) is 0 Å². The highest BCUT2D eigenvalue weighted by atomic mass is 16.5. The molecule has 0 unspecified atom stereocenters. The summed E-state index contributed by atoms with van der Waals surface area (Å²) in [7, 11) is 0. The predicted molar refractivity (Wildman–Crippen MR) is 111 cm³/mol. The summed E-state index contributed by atoms with van der Waals surface area (Å²) >= 11 is 0. The number of amides is 2. The first-order chi connectivity index (χ1) is 14.3. The topological polar surface area (TPSA) is 88.8 Å². The molecule has 7 heteroatoms. The maximum Gasteiger partial charge on any atom is 0.271 e. The first-order valence-corrected chi connectivity index (χ1v) is 10.4. The lowest BCUT2D eigenvalue weighted by Gasteiger charge is -2.38. The highest BCUT2D eigenvalue weighted by Crippen LogP contribution is 2.38. The monoisotopic (exact) mass is 410 g/mol. The van der Waals surface area contributed by atoms with Gasteiger partial charge in [0.1, 0.15) is 12.3 Å². The molecule has 2 aromatic rings. The van der Waals surface area contributed by atoms with Crippen molar-refractivity contribution in [1.82, 2.24) is 5.32 Å². The summed E-state index contributed by atoms with van der Waals surface area (Å²) in [6.07, 6.45) is 6.77. The maximum atomic E-state index is 13.1. The molecule has 7 nitrogen and oxygen atoms in total. The van der Waals surface area contributed by atoms with Gasteiger partial charge in [-0.15, -0.1) is 0 Å². The Morgan fingerprint density at radius 1 is 1.17 bits per heavy atom. The summed E-state index contributed by atoms with van der Waals surface area (Å²) < 4.78 is 11.1. The first-order valence-electron chi connectivity index (χ1n) is 10.4. The standard InChI is InChI=1S/C23H26N2O5/c1-23(2)22(28)25(14-20(26)24-16-7-4-3-5-8-16)17-13-15(10-11-18(17)30-23)21(27)19-9-6-12-29-19/h6,9-13,16H,3-5,7-8,14H2,1-2H3,(H,24,26). The van der Waals surface area contributed by atoms with E-state index in [9.17, 15) is 14.4 Å². The summed E-state index contributed by atoms with van der Waals surface area (Å²) in [5.41, 5.74) is -0.335. The lowest BCUT2D eigenvalue weighted by molar-refractivity contribution is -0.134. The van der Waals surface area contributed by atoms with Gasteiger partial charge >= 0.3 is 0 Å². The van der Waals surface area contributed by atoms with E-state index in [4.69, 9.17) is 9.15 Å². The van der Waals surface area contributed by atoms with Crippen molar-refractivity contribution in [2.24, 2.45) is 0 Å². The van der Waals surface area contributed by atoms with Gasteiger partial charge in [-0.2, -0.15) is 0 Å². The van der Waals surface area contributed by atoms with Gasteiger partial charge in [0, 0.05) is 11.6 Å². The lowest BCUT2D eigenvalue weighted by Crippen LogP contribution is -2.55. The molecule has 0 radical (unpaired) electrons. The van der Waals surface area contributed by atoms with Crippen molar-refractivity contribution < 1.29 is 23.5 Å². The third kappa shape index (κ3) is 3.97. The summed E-state index contributed by atoms with van der Waals surface area (Å²) in [4.78, 5) is 39.9. The lowest BCUT2D eigenvalue weighted by atomic mass is 9.95. The van der Waals surface area contributed by atoms with Gasteiger partial charge in [0.2, 0.25) is 11.7 Å². The molecule has 1 aromatic carbocycles. The van der Waals surface area contributed by atoms with Crippen molar-refractivity contribution in [3.05, 3.63) is 47.9 Å². The van der Waals surface area contributed by atoms with E-state index in [0.717, 1.165) is 25.7 Å². The third-order valence-electron chi connectivity index (χ3n) is 5.65. The number of hydrogen-bond acceptors (Lipinski definition) is 5. The van der Waals surface area contributed by atoms with E-state index < -0.39 is 5.60 Å². The minimum absolute atomic E-state index is 0.118. The Bertz CT molecular complexity index is 958. The van der Waals surface area contributed by atoms with E-state index in [1.54, 1.807) is 44.2 Å². The molecule has 2 aliphatic rings. The SMILES string of the molecule is CC1(C)Oc2ccc(C(=O)c3ccco3)cc2N(CC(=O)NC2CCCCC2)C1=O. The quantitative estimate of drug-likeness (QED) is 0.763. The Morgan fingerprint density at radius 2 is 1.93 bits per heavy atom. The minimum atomic E-state index is -1.11. The fourth-order valence-corrected chi connectivity index (χ4v) is 4.08. The van der Waals surface area contributed by atoms with Crippen molar-refractivity contribution >= 4 is 23.3 Å². The van der Waals surface area contributed by atoms with Crippen molar-refractivity contribution in [3.8, 4) is 5.75 Å². The zero-order valence-corrected chi connectivity index (χ0v) is 17.3. The van der Waals surface area contributed by atoms with Crippen LogP contribution in [0.25, 0.3) is 0 Å². The molecule has 2 heterocycles. The third-order valence-corrected chi connectivity index (χ3v) is 5.65. The molecule has 1 N–H and O–H groups in total. The zero-order chi connectivity index (χ0) is 21.3. The molecule has 4 rings (SSSR count). The number of carbonyl (C=O) groups excluding carboxylic acids is 3. The van der Waals surface area contributed by atoms with Gasteiger partial charge in [-0.3, -0.25) is 19.3 Å². The van der Waals surface area contributed by atoms with Crippen LogP contribution < -0.4 is 15.0 Å². The molecule has 1 aliphatic heterocycles. The molecular weight excluding hydrogens is 384 g/mol. The van der Waals surface area contributed by atoms with E-state index >= 15 is 0 Å². The fourth-order valence-electron chi connectivity index (χ4n) is 4.08. The smallest absolute Gasteiger partial charge is 0.271 e. The normalized spacial score (nSPS) is 18.5. The molecule has 0 spiro atoms. The number of hydrogen-bond donors (Lipinski definition) is 1. The predicted octanol–water partition coefficient (Wildman–Crippen LogP) is 3.46. The highest BCUT2D eigenvalue weighted by molar-refractivity contribution is 6.10. The van der Waals surface area contributed by atoms with Crippen LogP contribution >= 0.6 is 0 Å². The molecule has 1 aromatic heterocycles. The molecule has 0 bridgehead atoms. The van der Waals surface area contributed by atoms with Gasteiger partial charge in [0.15, 0.2) is 11.4 Å². The van der Waals surface area contributed by atoms with E-state index in [0.29, 0.717) is 17.0 Å². The number of nitrogens with zero attached hydrogens (tertiary/aromatic N) is 1. The Labute approximate surface area is 175 Å². The number of ketones is 1. The minimum Gasteiger partial charge on any atom is -0.476 e. The Kier molecular flexibility index (Phi) is 5.37. The van der Waals surface area contributed by atoms with Crippen LogP contribution in [-0.4, -0.2) is 35.8 Å². The summed E-state index contributed by atoms with van der Waals surface area (Å²) in [5, 5.41) is 3.05. The molecule has 2 amide bonds. The Hall–Kier alpha value is -3.09. The van der Waals surface area contributed by atoms with E-state index in [1.165, 1.54) is 17.6 Å². The molecule has 0 atom stereocenters. The van der Waals surface area contributed by atoms with Crippen LogP contribution in [0.4, 0.5) is 5.69 Å². The number of rotatable bonds is 5. The average molecular weight is 410 g/mol. The van der Waals surface area contributed by atoms with Crippen molar-refractivity contribution in [1.29, 1.82) is 0 Å². The number of furan rings is 1. The number of nitrogens with one attached hydrogen (secondary N) is 1. The summed E-state index contributed by atoms with van der Waals surface area (Å²) in [5.74, 6) is -0.161. The van der Waals surface area contributed by atoms with Crippen LogP contribution in [0, 0.1) is 0 Å². The zero-order valence-electron chi connectivity index (χ0n) is 17.3. The second kappa shape index (κ2) is 7.97. The number of fused-ring (bicyclic) bond motifs is 1. The maximum absolute atomic E-state index is 13.1. The highest BCUT2D eigenvalue weighted by Gasteiger charge is 2.42. The van der Waals surface area contributed by atoms with Crippen molar-refractivity contribution in [2.75, 3.05) is 11.4 Å². The number of carbonyl (C=O) groups is 3. The second-order valence-corrected chi connectivity index (χ2v) is 8.40. The van der Waals surface area contributed by atoms with Gasteiger partial charge in [-0.05, 0) is 57.0 Å². The van der Waals surface area contributed by atoms with Crippen LogP contribution in [0.2, 0.25) is 0 Å². The van der Waals surface area contributed by atoms with Crippen molar-refractivity contribution in [3.63, 3.8) is 0 Å². The van der Waals surface area contributed by atoms with Crippen molar-refractivity contribution in [2.45, 2.75) is 57.6 Å². The van der Waals surface area contributed by atoms with E-state index in [-0.39, 0.29) is 35.9 Å². The van der Waals surface area contributed by atoms with Crippen LogP contribution in [0.15, 0.2) is 41.0 Å². The second-order valence-electron chi connectivity index (χ2n) is 8.40. The van der Waals surface area contributed by atoms with Gasteiger partial charge in [-0.1, -0.05) is 19.3 Å². The first kappa shape index (κ1) is 20.2. The number of anilines is 1. The molecule has 1 fully saturated rings. The Morgan fingerprint density at radius 3 is 2.63 bits per heavy atom. The number of ether oxygens (including phenoxy) is 1. The van der Waals surface area contributed by atoms with Crippen LogP contribution in [-0.2, 0) is 9.59 Å². The molecule has 1 saturated carbocycles. The molecule has 0 saturated heterocycles. The van der Waals surface area contributed by atoms with Gasteiger partial charge < -0.3 is 14.5 Å². The average Bonchev–Trinajstić information content (AvgIpc) is 3.26. The summed E-state index contributed by atoms with van der Waals surface area (Å²) in [6.45, 7) is 3.23. The molecule has 158 valence electrons. The van der Waals surface area contributed by atoms with Crippen LogP contribution in [0.1, 0.15) is 62.1 Å². The molecular formula is C23H26N2O5. The largest absolute Gasteiger partial charge is 0.476 e. The molecule has 30 heavy (non-hydrogen) atoms. The molecule has 1 aliphatic carbocycles. The van der Waals surface area contributed by atoms with E-state index in [1.807, 2.05) is 0 Å². The van der Waals surface area contributed by atoms with Gasteiger partial charge in [0.25, 0.3) is 5.91 Å². The fraction of sp³-hybridized carbons (Fsp3) is 0.435.